The molecule has 0 radical (unpaired) electrons. The van der Waals surface area contributed by atoms with Crippen LogP contribution in [0.15, 0.2) is 85.3 Å². The number of halogens is 2. The number of carbonyl (C=O) groups excluding carboxylic acids is 8. The van der Waals surface area contributed by atoms with Crippen LogP contribution in [0.1, 0.15) is 109 Å². The second-order valence-electron chi connectivity index (χ2n) is 23.0. The summed E-state index contributed by atoms with van der Waals surface area (Å²) in [7, 11) is 4.81. The molecule has 7 aromatic rings. The predicted molar refractivity (Wildman–Crippen MR) is 325 cm³/mol. The average molecular weight is 1200 g/mol. The number of aromatic nitrogens is 3. The third-order valence-electron chi connectivity index (χ3n) is 14.1. The Kier molecular flexibility index (Phi) is 16.9. The number of benzene rings is 4. The zero-order chi connectivity index (χ0) is 61.6. The first-order chi connectivity index (χ1) is 40.1. The van der Waals surface area contributed by atoms with Gasteiger partial charge in [-0.05, 0) is 106 Å². The summed E-state index contributed by atoms with van der Waals surface area (Å²) >= 11 is 12.7. The number of carbonyl (C=O) groups is 8. The Labute approximate surface area is 498 Å². The number of aryl methyl sites for hydroxylation is 3. The molecule has 0 bridgehead atoms. The minimum atomic E-state index is -0.735. The van der Waals surface area contributed by atoms with Crippen LogP contribution in [0.2, 0.25) is 0 Å². The highest BCUT2D eigenvalue weighted by atomic mass is 35.5. The minimum Gasteiger partial charge on any atom is -0.507 e. The van der Waals surface area contributed by atoms with Crippen LogP contribution >= 0.6 is 23.2 Å². The molecule has 9 rings (SSSR count). The molecule has 0 spiro atoms. The lowest BCUT2D eigenvalue weighted by Crippen LogP contribution is -2.36. The van der Waals surface area contributed by atoms with E-state index >= 15 is 0 Å². The Balaban J connectivity index is 0.743. The van der Waals surface area contributed by atoms with Crippen LogP contribution in [-0.2, 0) is 45.0 Å². The van der Waals surface area contributed by atoms with E-state index in [9.17, 15) is 48.6 Å². The molecular weight excluding hydrogens is 1140 g/mol. The Hall–Kier alpha value is -9.22. The molecule has 2 aliphatic rings. The van der Waals surface area contributed by atoms with Crippen molar-refractivity contribution >= 4 is 132 Å². The number of anilines is 7. The summed E-state index contributed by atoms with van der Waals surface area (Å²) in [6.07, 6.45) is 3.10. The van der Waals surface area contributed by atoms with Crippen molar-refractivity contribution in [2.75, 3.05) is 67.8 Å². The Morgan fingerprint density at radius 1 is 0.494 bits per heavy atom. The summed E-state index contributed by atoms with van der Waals surface area (Å²) in [6, 6.07) is 17.3. The summed E-state index contributed by atoms with van der Waals surface area (Å²) in [4.78, 5) is 109. The molecule has 25 heteroatoms. The van der Waals surface area contributed by atoms with Gasteiger partial charge in [-0.15, -0.1) is 23.2 Å². The van der Waals surface area contributed by atoms with Crippen LogP contribution in [0.3, 0.4) is 0 Å². The number of fused-ring (bicyclic) bond motifs is 6. The number of phenols is 2. The first-order valence-corrected chi connectivity index (χ1v) is 28.2. The summed E-state index contributed by atoms with van der Waals surface area (Å²) in [5, 5.41) is 40.7. The standard InChI is InChI=1S/C60H65Cl2N11O12/c1-59(2,3)84-57(82)72-26-31(23-61)52-38-12-10-33(16-40(38)47(74)21-42(52)72)64-49(76)14-15-50(77)66-35-18-45(70(8)28-35)55(80)68-37-20-46(71(9)30-37)56(81)67-36-19-44(69(7)29-36)54(79)63-25-51(78)65-34-11-13-39-41(17-34)48(75)22-43-53(39)32(24-62)27-73(43)58(83)85-60(4,5)6/h10-13,16-22,28-32,74-75H,14-15,23-27H2,1-9H3,(H,63,79)(H,64,76)(H,65,78)(H,66,77)(H,67,81)(H,68,80). The molecule has 446 valence electrons. The number of alkyl halides is 2. The van der Waals surface area contributed by atoms with Crippen molar-refractivity contribution in [1.82, 2.24) is 19.0 Å². The van der Waals surface area contributed by atoms with Gasteiger partial charge in [0.25, 0.3) is 17.7 Å². The first kappa shape index (κ1) is 60.4. The summed E-state index contributed by atoms with van der Waals surface area (Å²) in [5.41, 5.74) is 3.12. The fourth-order valence-corrected chi connectivity index (χ4v) is 10.9. The van der Waals surface area contributed by atoms with E-state index in [1.165, 1.54) is 72.4 Å². The Morgan fingerprint density at radius 2 is 0.859 bits per heavy atom. The maximum Gasteiger partial charge on any atom is 0.414 e. The third-order valence-corrected chi connectivity index (χ3v) is 14.9. The molecule has 2 unspecified atom stereocenters. The van der Waals surface area contributed by atoms with Crippen molar-refractivity contribution in [2.45, 2.75) is 77.4 Å². The zero-order valence-corrected chi connectivity index (χ0v) is 49.7. The second kappa shape index (κ2) is 23.8. The van der Waals surface area contributed by atoms with Gasteiger partial charge in [-0.1, -0.05) is 12.1 Å². The number of ether oxygens (including phenoxy) is 2. The summed E-state index contributed by atoms with van der Waals surface area (Å²) in [5.74, 6) is -3.49. The molecule has 2 aliphatic heterocycles. The molecular formula is C60H65Cl2N11O12. The second-order valence-corrected chi connectivity index (χ2v) is 23.6. The highest BCUT2D eigenvalue weighted by molar-refractivity contribution is 6.20. The number of amides is 8. The van der Waals surface area contributed by atoms with E-state index in [0.717, 1.165) is 11.1 Å². The van der Waals surface area contributed by atoms with Crippen molar-refractivity contribution in [1.29, 1.82) is 0 Å². The van der Waals surface area contributed by atoms with Gasteiger partial charge in [0, 0.05) is 124 Å². The number of hydrogen-bond donors (Lipinski definition) is 8. The Morgan fingerprint density at radius 3 is 1.25 bits per heavy atom. The summed E-state index contributed by atoms with van der Waals surface area (Å²) in [6.45, 7) is 10.7. The normalized spacial score (nSPS) is 14.6. The van der Waals surface area contributed by atoms with Gasteiger partial charge in [0.15, 0.2) is 0 Å². The van der Waals surface area contributed by atoms with E-state index in [-0.39, 0.29) is 89.5 Å². The smallest absolute Gasteiger partial charge is 0.414 e. The van der Waals surface area contributed by atoms with E-state index < -0.39 is 65.4 Å². The largest absolute Gasteiger partial charge is 0.507 e. The molecule has 0 saturated carbocycles. The first-order valence-electron chi connectivity index (χ1n) is 27.1. The number of nitrogens with zero attached hydrogens (tertiary/aromatic N) is 5. The molecule has 2 atom stereocenters. The van der Waals surface area contributed by atoms with Gasteiger partial charge in [0.05, 0.1) is 35.0 Å². The zero-order valence-electron chi connectivity index (χ0n) is 48.2. The highest BCUT2D eigenvalue weighted by Gasteiger charge is 2.39. The van der Waals surface area contributed by atoms with Crippen LogP contribution in [0.4, 0.5) is 49.4 Å². The topological polar surface area (TPSA) is 289 Å². The van der Waals surface area contributed by atoms with Crippen molar-refractivity contribution in [2.24, 2.45) is 21.1 Å². The predicted octanol–water partition coefficient (Wildman–Crippen LogP) is 9.81. The van der Waals surface area contributed by atoms with Crippen molar-refractivity contribution in [3.8, 4) is 11.5 Å². The van der Waals surface area contributed by atoms with Crippen molar-refractivity contribution in [3.63, 3.8) is 0 Å². The molecule has 8 amide bonds. The number of rotatable bonds is 15. The molecule has 0 saturated heterocycles. The van der Waals surface area contributed by atoms with E-state index in [4.69, 9.17) is 32.7 Å². The van der Waals surface area contributed by atoms with Gasteiger partial charge in [0.1, 0.15) is 39.8 Å². The molecule has 0 aliphatic carbocycles. The van der Waals surface area contributed by atoms with Crippen LogP contribution < -0.4 is 41.7 Å². The molecule has 8 N–H and O–H groups in total. The molecule has 5 heterocycles. The summed E-state index contributed by atoms with van der Waals surface area (Å²) < 4.78 is 15.7. The van der Waals surface area contributed by atoms with Crippen LogP contribution in [-0.4, -0.2) is 114 Å². The van der Waals surface area contributed by atoms with Gasteiger partial charge in [-0.3, -0.25) is 38.6 Å². The van der Waals surface area contributed by atoms with Crippen LogP contribution in [0.5, 0.6) is 11.5 Å². The number of phenolic OH excluding ortho intramolecular Hbond substituents is 2. The fraction of sp³-hybridized carbons (Fsp3) is 0.333. The van der Waals surface area contributed by atoms with Gasteiger partial charge >= 0.3 is 12.2 Å². The lowest BCUT2D eigenvalue weighted by Gasteiger charge is -2.25. The lowest BCUT2D eigenvalue weighted by atomic mass is 9.95. The molecule has 85 heavy (non-hydrogen) atoms. The third kappa shape index (κ3) is 13.3. The van der Waals surface area contributed by atoms with Crippen LogP contribution in [0, 0.1) is 0 Å². The van der Waals surface area contributed by atoms with Crippen molar-refractivity contribution in [3.05, 3.63) is 114 Å². The maximum atomic E-state index is 13.5. The average Bonchev–Trinajstić information content (AvgIpc) is 1.99. The fourth-order valence-electron chi connectivity index (χ4n) is 10.4. The highest BCUT2D eigenvalue weighted by Crippen LogP contribution is 2.48. The quantitative estimate of drug-likeness (QED) is 0.0445. The Bertz CT molecular complexity index is 3890. The van der Waals surface area contributed by atoms with Gasteiger partial charge < -0.3 is 65.3 Å². The molecule has 4 aromatic carbocycles. The van der Waals surface area contributed by atoms with E-state index in [0.29, 0.717) is 50.0 Å². The minimum absolute atomic E-state index is 0.109. The molecule has 23 nitrogen and oxygen atoms in total. The van der Waals surface area contributed by atoms with E-state index in [1.807, 2.05) is 0 Å². The number of hydrogen-bond acceptors (Lipinski definition) is 12. The van der Waals surface area contributed by atoms with Crippen molar-refractivity contribution < 1.29 is 58.0 Å². The van der Waals surface area contributed by atoms with Gasteiger partial charge in [-0.2, -0.15) is 0 Å². The molecule has 3 aromatic heterocycles. The van der Waals surface area contributed by atoms with Gasteiger partial charge in [-0.25, -0.2) is 9.59 Å². The molecule has 0 fully saturated rings. The maximum absolute atomic E-state index is 13.5. The van der Waals surface area contributed by atoms with Gasteiger partial charge in [0.2, 0.25) is 17.7 Å². The lowest BCUT2D eigenvalue weighted by molar-refractivity contribution is -0.121. The number of nitrogens with one attached hydrogen (secondary N) is 6. The van der Waals surface area contributed by atoms with Crippen LogP contribution in [0.25, 0.3) is 21.5 Å². The van der Waals surface area contributed by atoms with E-state index in [2.05, 4.69) is 31.9 Å². The number of aromatic hydroxyl groups is 2. The monoisotopic (exact) mass is 1200 g/mol. The SMILES string of the molecule is Cn1cc(NC(=O)c2cc(NC(=O)c3cc(NC(=O)CCC(=O)Nc4ccc5c6c(cc(O)c5c4)N(C(=O)OC(C)(C)C)CC6CCl)cn3C)cn2C)cc1C(=O)NCC(=O)Nc1ccc2c3c(cc(O)c2c1)N(C(=O)OC(C)(C)C)CC3CCl. The van der Waals surface area contributed by atoms with E-state index in [1.54, 1.807) is 99.1 Å².